The van der Waals surface area contributed by atoms with Crippen molar-refractivity contribution in [2.24, 2.45) is 10.9 Å². The molecular weight excluding hydrogens is 475 g/mol. The lowest BCUT2D eigenvalue weighted by Gasteiger charge is -2.24. The zero-order valence-corrected chi connectivity index (χ0v) is 18.8. The first-order valence-corrected chi connectivity index (χ1v) is 10.3. The molecule has 0 amide bonds. The molecule has 1 fully saturated rings. The average molecular weight is 502 g/mol. The van der Waals surface area contributed by atoms with E-state index in [4.69, 9.17) is 4.74 Å². The number of thiophene rings is 1. The van der Waals surface area contributed by atoms with Crippen molar-refractivity contribution in [3.05, 3.63) is 17.0 Å². The Bertz CT molecular complexity index is 657. The molecule has 1 atom stereocenters. The van der Waals surface area contributed by atoms with Gasteiger partial charge in [-0.3, -0.25) is 4.99 Å². The number of hydrogen-bond acceptors (Lipinski definition) is 5. The van der Waals surface area contributed by atoms with Crippen LogP contribution >= 0.6 is 35.3 Å². The van der Waals surface area contributed by atoms with Crippen molar-refractivity contribution in [1.82, 2.24) is 14.9 Å². The summed E-state index contributed by atoms with van der Waals surface area (Å²) < 4.78 is 32.6. The maximum atomic E-state index is 12.1. The molecule has 1 aliphatic rings. The molecule has 7 nitrogen and oxygen atoms in total. The number of guanidine groups is 1. The molecule has 1 aromatic rings. The van der Waals surface area contributed by atoms with Crippen LogP contribution < -0.4 is 10.0 Å². The monoisotopic (exact) mass is 502 g/mol. The largest absolute Gasteiger partial charge is 0.381 e. The number of sulfonamides is 1. The van der Waals surface area contributed by atoms with Crippen molar-refractivity contribution in [3.8, 4) is 0 Å². The zero-order valence-electron chi connectivity index (χ0n) is 14.8. The van der Waals surface area contributed by atoms with Gasteiger partial charge in [0.15, 0.2) is 5.96 Å². The van der Waals surface area contributed by atoms with Crippen LogP contribution in [0.25, 0.3) is 0 Å². The van der Waals surface area contributed by atoms with Crippen LogP contribution in [0.3, 0.4) is 0 Å². The van der Waals surface area contributed by atoms with Gasteiger partial charge in [-0.1, -0.05) is 0 Å². The lowest BCUT2D eigenvalue weighted by atomic mass is 10.1. The highest BCUT2D eigenvalue weighted by Gasteiger charge is 2.19. The van der Waals surface area contributed by atoms with Gasteiger partial charge in [0.25, 0.3) is 0 Å². The Morgan fingerprint density at radius 3 is 2.76 bits per heavy atom. The Labute approximate surface area is 171 Å². The molecule has 0 aliphatic carbocycles. The molecule has 2 N–H and O–H groups in total. The summed E-state index contributed by atoms with van der Waals surface area (Å²) in [5.74, 6) is 1.28. The minimum atomic E-state index is -3.42. The van der Waals surface area contributed by atoms with Crippen molar-refractivity contribution in [2.75, 3.05) is 46.9 Å². The van der Waals surface area contributed by atoms with Crippen molar-refractivity contribution < 1.29 is 13.2 Å². The Hall–Kier alpha value is -0.430. The minimum Gasteiger partial charge on any atom is -0.381 e. The van der Waals surface area contributed by atoms with Gasteiger partial charge in [-0.25, -0.2) is 13.1 Å². The van der Waals surface area contributed by atoms with Gasteiger partial charge < -0.3 is 15.0 Å². The summed E-state index contributed by atoms with van der Waals surface area (Å²) in [7, 11) is 0.279. The third-order valence-electron chi connectivity index (χ3n) is 3.81. The van der Waals surface area contributed by atoms with Crippen LogP contribution in [0, 0.1) is 12.8 Å². The van der Waals surface area contributed by atoms with Crippen LogP contribution in [0.1, 0.15) is 11.3 Å². The van der Waals surface area contributed by atoms with E-state index >= 15 is 0 Å². The summed E-state index contributed by atoms with van der Waals surface area (Å²) >= 11 is 1.27. The normalized spacial score (nSPS) is 18.0. The summed E-state index contributed by atoms with van der Waals surface area (Å²) in [5.41, 5.74) is 0. The molecule has 10 heteroatoms. The molecule has 144 valence electrons. The Balaban J connectivity index is 0.00000312. The number of ether oxygens (including phenoxy) is 1. The van der Waals surface area contributed by atoms with E-state index < -0.39 is 10.0 Å². The van der Waals surface area contributed by atoms with Gasteiger partial charge in [0.1, 0.15) is 4.21 Å². The maximum absolute atomic E-state index is 12.1. The Morgan fingerprint density at radius 2 is 2.20 bits per heavy atom. The van der Waals surface area contributed by atoms with Crippen LogP contribution in [0.2, 0.25) is 0 Å². The maximum Gasteiger partial charge on any atom is 0.250 e. The molecule has 0 aromatic carbocycles. The van der Waals surface area contributed by atoms with Gasteiger partial charge in [0, 0.05) is 51.1 Å². The molecule has 0 spiro atoms. The number of hydrogen-bond donors (Lipinski definition) is 2. The van der Waals surface area contributed by atoms with E-state index in [1.807, 2.05) is 14.0 Å². The smallest absolute Gasteiger partial charge is 0.250 e. The fourth-order valence-electron chi connectivity index (χ4n) is 2.57. The second-order valence-electron chi connectivity index (χ2n) is 5.85. The van der Waals surface area contributed by atoms with Gasteiger partial charge >= 0.3 is 0 Å². The summed E-state index contributed by atoms with van der Waals surface area (Å²) in [4.78, 5) is 7.27. The fraction of sp³-hybridized carbons (Fsp3) is 0.667. The van der Waals surface area contributed by atoms with E-state index in [1.165, 1.54) is 11.3 Å². The molecule has 0 saturated carbocycles. The first-order valence-electron chi connectivity index (χ1n) is 7.98. The van der Waals surface area contributed by atoms with Gasteiger partial charge in [0.05, 0.1) is 6.61 Å². The standard InChI is InChI=1S/C15H26N4O3S2.HI/c1-12-4-5-14(23-12)24(20,21)18-8-7-17-15(16-2)19(3)10-13-6-9-22-11-13;/h4-5,13,18H,6-11H2,1-3H3,(H,16,17);1H. The van der Waals surface area contributed by atoms with Gasteiger partial charge in [-0.2, -0.15) is 0 Å². The molecule has 0 radical (unpaired) electrons. The highest BCUT2D eigenvalue weighted by molar-refractivity contribution is 14.0. The molecule has 0 bridgehead atoms. The van der Waals surface area contributed by atoms with E-state index in [1.54, 1.807) is 19.2 Å². The second kappa shape index (κ2) is 10.7. The van der Waals surface area contributed by atoms with Crippen LogP contribution in [0.15, 0.2) is 21.3 Å². The Morgan fingerprint density at radius 1 is 1.44 bits per heavy atom. The highest BCUT2D eigenvalue weighted by Crippen LogP contribution is 2.19. The first-order chi connectivity index (χ1) is 11.4. The zero-order chi connectivity index (χ0) is 17.6. The topological polar surface area (TPSA) is 83.0 Å². The third-order valence-corrected chi connectivity index (χ3v) is 6.76. The first kappa shape index (κ1) is 22.6. The molecule has 1 aromatic heterocycles. The van der Waals surface area contributed by atoms with E-state index in [0.29, 0.717) is 23.2 Å². The van der Waals surface area contributed by atoms with Crippen molar-refractivity contribution >= 4 is 51.3 Å². The summed E-state index contributed by atoms with van der Waals surface area (Å²) in [5, 5.41) is 3.18. The fourth-order valence-corrected chi connectivity index (χ4v) is 4.93. The summed E-state index contributed by atoms with van der Waals surface area (Å²) in [6.45, 7) is 5.16. The molecule has 25 heavy (non-hydrogen) atoms. The van der Waals surface area contributed by atoms with E-state index in [9.17, 15) is 8.42 Å². The number of halogens is 1. The predicted octanol–water partition coefficient (Wildman–Crippen LogP) is 1.50. The van der Waals surface area contributed by atoms with E-state index in [0.717, 1.165) is 37.0 Å². The molecule has 1 saturated heterocycles. The molecule has 2 rings (SSSR count). The molecule has 2 heterocycles. The van der Waals surface area contributed by atoms with Crippen LogP contribution in [0.5, 0.6) is 0 Å². The van der Waals surface area contributed by atoms with Crippen molar-refractivity contribution in [2.45, 2.75) is 17.6 Å². The molecule has 1 aliphatic heterocycles. The van der Waals surface area contributed by atoms with Gasteiger partial charge in [0.2, 0.25) is 10.0 Å². The quantitative estimate of drug-likeness (QED) is 0.256. The number of aryl methyl sites for hydroxylation is 1. The van der Waals surface area contributed by atoms with Crippen molar-refractivity contribution in [1.29, 1.82) is 0 Å². The van der Waals surface area contributed by atoms with E-state index in [2.05, 4.69) is 19.9 Å². The Kier molecular flexibility index (Phi) is 9.64. The SMILES string of the molecule is CN=C(NCCNS(=O)(=O)c1ccc(C)s1)N(C)CC1CCOC1.I. The molecule has 1 unspecified atom stereocenters. The molecular formula is C15H27IN4O3S2. The van der Waals surface area contributed by atoms with Gasteiger partial charge in [-0.15, -0.1) is 35.3 Å². The highest BCUT2D eigenvalue weighted by atomic mass is 127. The summed E-state index contributed by atoms with van der Waals surface area (Å²) in [6, 6.07) is 3.44. The van der Waals surface area contributed by atoms with Gasteiger partial charge in [-0.05, 0) is 25.5 Å². The average Bonchev–Trinajstić information content (AvgIpc) is 3.19. The number of rotatable bonds is 7. The number of aliphatic imine (C=N–C) groups is 1. The third kappa shape index (κ3) is 7.00. The lowest BCUT2D eigenvalue weighted by molar-refractivity contribution is 0.181. The second-order valence-corrected chi connectivity index (χ2v) is 9.13. The lowest BCUT2D eigenvalue weighted by Crippen LogP contribution is -2.44. The number of nitrogens with one attached hydrogen (secondary N) is 2. The van der Waals surface area contributed by atoms with Crippen LogP contribution in [-0.4, -0.2) is 66.2 Å². The van der Waals surface area contributed by atoms with Crippen LogP contribution in [0.4, 0.5) is 0 Å². The van der Waals surface area contributed by atoms with E-state index in [-0.39, 0.29) is 24.0 Å². The summed E-state index contributed by atoms with van der Waals surface area (Å²) in [6.07, 6.45) is 1.07. The van der Waals surface area contributed by atoms with Crippen LogP contribution in [-0.2, 0) is 14.8 Å². The minimum absolute atomic E-state index is 0. The predicted molar refractivity (Wildman–Crippen MR) is 113 cm³/mol. The van der Waals surface area contributed by atoms with Crippen molar-refractivity contribution in [3.63, 3.8) is 0 Å². The number of nitrogens with zero attached hydrogens (tertiary/aromatic N) is 2.